The molecule has 8 heteroatoms. The van der Waals surface area contributed by atoms with Crippen LogP contribution in [0, 0.1) is 24.1 Å². The van der Waals surface area contributed by atoms with Crippen LogP contribution in [-0.2, 0) is 30.7 Å². The van der Waals surface area contributed by atoms with Gasteiger partial charge in [-0.2, -0.15) is 5.26 Å². The van der Waals surface area contributed by atoms with Gasteiger partial charge in [-0.25, -0.2) is 14.4 Å². The van der Waals surface area contributed by atoms with E-state index in [1.807, 2.05) is 24.3 Å². The van der Waals surface area contributed by atoms with E-state index in [2.05, 4.69) is 34.7 Å². The normalized spacial score (nSPS) is 16.3. The smallest absolute Gasteiger partial charge is 0.214 e. The Morgan fingerprint density at radius 2 is 1.91 bits per heavy atom. The number of halogens is 1. The molecule has 0 aliphatic carbocycles. The lowest BCUT2D eigenvalue weighted by molar-refractivity contribution is -0.0589. The summed E-state index contributed by atoms with van der Waals surface area (Å²) in [6.45, 7) is 4.28. The van der Waals surface area contributed by atoms with E-state index in [0.29, 0.717) is 67.5 Å². The Labute approximate surface area is 249 Å². The molecule has 1 unspecified atom stereocenters. The van der Waals surface area contributed by atoms with E-state index in [1.165, 1.54) is 0 Å². The first kappa shape index (κ1) is 27.1. The fourth-order valence-electron chi connectivity index (χ4n) is 5.80. The Morgan fingerprint density at radius 3 is 2.74 bits per heavy atom. The second-order valence-corrected chi connectivity index (χ2v) is 11.2. The van der Waals surface area contributed by atoms with Crippen molar-refractivity contribution in [3.63, 3.8) is 0 Å². The maximum atomic E-state index is 15.8. The largest absolute Gasteiger partial charge is 0.493 e. The predicted octanol–water partition coefficient (Wildman–Crippen LogP) is 6.70. The summed E-state index contributed by atoms with van der Waals surface area (Å²) >= 11 is 0. The number of hydrogen-bond acceptors (Lipinski definition) is 6. The third kappa shape index (κ3) is 5.56. The van der Waals surface area contributed by atoms with E-state index in [1.54, 1.807) is 30.3 Å². The summed E-state index contributed by atoms with van der Waals surface area (Å²) in [5, 5.41) is 9.44. The summed E-state index contributed by atoms with van der Waals surface area (Å²) in [4.78, 5) is 9.58. The minimum Gasteiger partial charge on any atom is -0.493 e. The Hall–Kier alpha value is -4.74. The van der Waals surface area contributed by atoms with E-state index < -0.39 is 0 Å². The number of imidazole rings is 1. The number of rotatable bonds is 4. The van der Waals surface area contributed by atoms with Crippen molar-refractivity contribution in [1.29, 1.82) is 5.26 Å². The Bertz CT molecular complexity index is 1870. The number of fused-ring (bicyclic) bond motifs is 7. The third-order valence-electron chi connectivity index (χ3n) is 8.22. The summed E-state index contributed by atoms with van der Waals surface area (Å²) in [6, 6.07) is 22.7. The molecule has 5 aromatic rings. The van der Waals surface area contributed by atoms with Gasteiger partial charge in [0.15, 0.2) is 0 Å². The Kier molecular flexibility index (Phi) is 7.25. The van der Waals surface area contributed by atoms with Crippen LogP contribution in [-0.4, -0.2) is 33.9 Å². The molecule has 43 heavy (non-hydrogen) atoms. The average molecular weight is 575 g/mol. The van der Waals surface area contributed by atoms with Crippen molar-refractivity contribution in [2.75, 3.05) is 13.2 Å². The summed E-state index contributed by atoms with van der Waals surface area (Å²) in [5.41, 5.74) is 7.29. The van der Waals surface area contributed by atoms with E-state index in [9.17, 15) is 5.26 Å². The van der Waals surface area contributed by atoms with Crippen LogP contribution in [0.4, 0.5) is 4.39 Å². The molecule has 216 valence electrons. The van der Waals surface area contributed by atoms with Gasteiger partial charge in [-0.05, 0) is 85.3 Å². The predicted molar refractivity (Wildman–Crippen MR) is 161 cm³/mol. The Morgan fingerprint density at radius 1 is 1.00 bits per heavy atom. The average Bonchev–Trinajstić information content (AvgIpc) is 3.32. The van der Waals surface area contributed by atoms with Gasteiger partial charge in [0.2, 0.25) is 5.88 Å². The van der Waals surface area contributed by atoms with E-state index in [4.69, 9.17) is 19.2 Å². The van der Waals surface area contributed by atoms with Gasteiger partial charge in [-0.15, -0.1) is 0 Å². The van der Waals surface area contributed by atoms with Gasteiger partial charge >= 0.3 is 0 Å². The van der Waals surface area contributed by atoms with Crippen molar-refractivity contribution >= 4 is 11.0 Å². The molecule has 1 fully saturated rings. The lowest BCUT2D eigenvalue weighted by Gasteiger charge is -2.27. The number of aryl methyl sites for hydroxylation is 2. The lowest BCUT2D eigenvalue weighted by Crippen LogP contribution is -2.31. The van der Waals surface area contributed by atoms with E-state index in [0.717, 1.165) is 52.1 Å². The molecule has 3 aromatic carbocycles. The van der Waals surface area contributed by atoms with Gasteiger partial charge in [0.05, 0.1) is 47.6 Å². The molecule has 7 rings (SSSR count). The first-order chi connectivity index (χ1) is 21.0. The molecule has 2 aliphatic rings. The molecule has 0 spiro atoms. The molecule has 0 saturated carbocycles. The van der Waals surface area contributed by atoms with Crippen LogP contribution < -0.4 is 9.47 Å². The van der Waals surface area contributed by atoms with E-state index in [-0.39, 0.29) is 11.9 Å². The van der Waals surface area contributed by atoms with Gasteiger partial charge in [0.25, 0.3) is 0 Å². The first-order valence-corrected chi connectivity index (χ1v) is 14.7. The van der Waals surface area contributed by atoms with Crippen LogP contribution in [0.3, 0.4) is 0 Å². The highest BCUT2D eigenvalue weighted by Crippen LogP contribution is 2.33. The third-order valence-corrected chi connectivity index (χ3v) is 8.22. The van der Waals surface area contributed by atoms with Gasteiger partial charge in [0, 0.05) is 30.2 Å². The quantitative estimate of drug-likeness (QED) is 0.238. The van der Waals surface area contributed by atoms with Crippen LogP contribution in [0.15, 0.2) is 66.7 Å². The zero-order valence-corrected chi connectivity index (χ0v) is 24.0. The molecule has 4 heterocycles. The van der Waals surface area contributed by atoms with Gasteiger partial charge < -0.3 is 18.8 Å². The number of nitrogens with zero attached hydrogens (tertiary/aromatic N) is 4. The number of nitriles is 1. The first-order valence-electron chi connectivity index (χ1n) is 14.7. The van der Waals surface area contributed by atoms with Crippen molar-refractivity contribution < 1.29 is 18.6 Å². The van der Waals surface area contributed by atoms with Crippen molar-refractivity contribution in [3.8, 4) is 29.0 Å². The summed E-state index contributed by atoms with van der Waals surface area (Å²) in [7, 11) is 0. The maximum absolute atomic E-state index is 15.8. The molecule has 2 aliphatic heterocycles. The Balaban J connectivity index is 1.27. The maximum Gasteiger partial charge on any atom is 0.214 e. The van der Waals surface area contributed by atoms with E-state index >= 15 is 4.39 Å². The highest BCUT2D eigenvalue weighted by Gasteiger charge is 2.23. The highest BCUT2D eigenvalue weighted by atomic mass is 19.1. The van der Waals surface area contributed by atoms with Crippen molar-refractivity contribution in [2.24, 2.45) is 0 Å². The highest BCUT2D eigenvalue weighted by molar-refractivity contribution is 5.77. The van der Waals surface area contributed by atoms with Crippen LogP contribution >= 0.6 is 0 Å². The number of pyridine rings is 1. The summed E-state index contributed by atoms with van der Waals surface area (Å²) in [6.07, 6.45) is 2.99. The van der Waals surface area contributed by atoms with Gasteiger partial charge in [-0.3, -0.25) is 0 Å². The SMILES string of the molecule is Cc1ccc2nc(Cc3cc(F)c4cc3OCCCc3cc(C#N)ccc3COc3cccc-4n3)n(CC3CCO3)c2c1. The molecule has 4 bridgehead atoms. The zero-order valence-electron chi connectivity index (χ0n) is 24.0. The molecule has 0 radical (unpaired) electrons. The molecule has 1 atom stereocenters. The molecule has 0 amide bonds. The molecule has 1 saturated heterocycles. The van der Waals surface area contributed by atoms with Crippen molar-refractivity contribution in [3.05, 3.63) is 106 Å². The number of hydrogen-bond donors (Lipinski definition) is 0. The lowest BCUT2D eigenvalue weighted by atomic mass is 10.0. The van der Waals surface area contributed by atoms with Crippen LogP contribution in [0.25, 0.3) is 22.3 Å². The molecular weight excluding hydrogens is 543 g/mol. The van der Waals surface area contributed by atoms with Crippen molar-refractivity contribution in [1.82, 2.24) is 14.5 Å². The number of benzene rings is 3. The second kappa shape index (κ2) is 11.5. The van der Waals surface area contributed by atoms with Crippen LogP contribution in [0.5, 0.6) is 11.6 Å². The topological polar surface area (TPSA) is 82.2 Å². The number of ether oxygens (including phenoxy) is 3. The molecule has 2 aromatic heterocycles. The minimum absolute atomic E-state index is 0.148. The van der Waals surface area contributed by atoms with Crippen LogP contribution in [0.2, 0.25) is 0 Å². The standard InChI is InChI=1S/C35H31FN4O3/c1-22-7-10-31-32(14-22)40(20-27-11-13-41-27)34(38-31)17-26-16-29(36)28-18-33(26)42-12-3-4-24-15-23(19-37)8-9-25(24)21-43-35-6-2-5-30(28)39-35/h2,5-10,14-16,18,27H,3-4,11-13,17,20-21H2,1H3. The molecular formula is C35H31FN4O3. The van der Waals surface area contributed by atoms with Gasteiger partial charge in [-0.1, -0.05) is 18.2 Å². The fraction of sp³-hybridized carbons (Fsp3) is 0.286. The fourth-order valence-corrected chi connectivity index (χ4v) is 5.80. The van der Waals surface area contributed by atoms with Crippen LogP contribution in [0.1, 0.15) is 46.5 Å². The molecule has 7 nitrogen and oxygen atoms in total. The van der Waals surface area contributed by atoms with Gasteiger partial charge in [0.1, 0.15) is 24.0 Å². The summed E-state index contributed by atoms with van der Waals surface area (Å²) in [5.74, 6) is 1.46. The molecule has 0 N–H and O–H groups in total. The second-order valence-electron chi connectivity index (χ2n) is 11.2. The van der Waals surface area contributed by atoms with Crippen molar-refractivity contribution in [2.45, 2.75) is 51.9 Å². The monoisotopic (exact) mass is 574 g/mol. The number of aromatic nitrogens is 3. The zero-order chi connectivity index (χ0) is 29.3. The summed E-state index contributed by atoms with van der Waals surface area (Å²) < 4.78 is 36.2. The minimum atomic E-state index is -0.380.